The van der Waals surface area contributed by atoms with E-state index in [-0.39, 0.29) is 23.5 Å². The van der Waals surface area contributed by atoms with Crippen molar-refractivity contribution < 1.29 is 19.1 Å². The van der Waals surface area contributed by atoms with Crippen molar-refractivity contribution in [3.63, 3.8) is 0 Å². The number of aromatic nitrogens is 1. The summed E-state index contributed by atoms with van der Waals surface area (Å²) in [6.45, 7) is 3.40. The molecule has 5 nitrogen and oxygen atoms in total. The van der Waals surface area contributed by atoms with Crippen molar-refractivity contribution in [2.45, 2.75) is 26.4 Å². The average molecular weight is 354 g/mol. The Kier molecular flexibility index (Phi) is 4.84. The third kappa shape index (κ3) is 3.10. The fourth-order valence-electron chi connectivity index (χ4n) is 3.07. The van der Waals surface area contributed by atoms with Crippen LogP contribution in [0, 0.1) is 11.7 Å². The predicted molar refractivity (Wildman–Crippen MR) is 93.4 cm³/mol. The highest BCUT2D eigenvalue weighted by molar-refractivity contribution is 6.09. The largest absolute Gasteiger partial charge is 0.503 e. The first kappa shape index (κ1) is 17.8. The van der Waals surface area contributed by atoms with Crippen LogP contribution in [0.1, 0.15) is 31.1 Å². The molecule has 1 aromatic carbocycles. The Morgan fingerprint density at radius 2 is 1.92 bits per heavy atom. The third-order valence-corrected chi connectivity index (χ3v) is 4.35. The van der Waals surface area contributed by atoms with Gasteiger partial charge in [-0.25, -0.2) is 4.39 Å². The maximum atomic E-state index is 14.5. The van der Waals surface area contributed by atoms with Crippen molar-refractivity contribution in [1.82, 2.24) is 9.88 Å². The molecule has 0 fully saturated rings. The van der Waals surface area contributed by atoms with Gasteiger partial charge in [-0.05, 0) is 18.2 Å². The minimum atomic E-state index is -0.986. The highest BCUT2D eigenvalue weighted by atomic mass is 19.1. The summed E-state index contributed by atoms with van der Waals surface area (Å²) < 4.78 is 14.5. The molecule has 2 heterocycles. The normalized spacial score (nSPS) is 17.3. The van der Waals surface area contributed by atoms with Crippen LogP contribution in [0.2, 0.25) is 0 Å². The molecule has 0 saturated heterocycles. The molecular formula is C20H19FN2O3. The minimum Gasteiger partial charge on any atom is -0.503 e. The van der Waals surface area contributed by atoms with Gasteiger partial charge in [0.05, 0.1) is 23.9 Å². The molecule has 1 N–H and O–H groups in total. The van der Waals surface area contributed by atoms with E-state index >= 15 is 0 Å². The zero-order valence-electron chi connectivity index (χ0n) is 14.5. The molecule has 1 atom stereocenters. The van der Waals surface area contributed by atoms with E-state index in [1.54, 1.807) is 44.3 Å². The molecule has 1 aliphatic rings. The van der Waals surface area contributed by atoms with Crippen LogP contribution in [0.4, 0.5) is 4.39 Å². The second kappa shape index (κ2) is 7.07. The van der Waals surface area contributed by atoms with Gasteiger partial charge in [-0.2, -0.15) is 0 Å². The van der Waals surface area contributed by atoms with Crippen LogP contribution in [0.5, 0.6) is 0 Å². The van der Waals surface area contributed by atoms with Gasteiger partial charge in [0.25, 0.3) is 5.91 Å². The lowest BCUT2D eigenvalue weighted by Crippen LogP contribution is -2.32. The van der Waals surface area contributed by atoms with E-state index in [1.165, 1.54) is 23.1 Å². The van der Waals surface area contributed by atoms with Crippen molar-refractivity contribution in [3.8, 4) is 0 Å². The predicted octanol–water partition coefficient (Wildman–Crippen LogP) is 3.34. The van der Waals surface area contributed by atoms with E-state index in [0.29, 0.717) is 5.69 Å². The van der Waals surface area contributed by atoms with Crippen molar-refractivity contribution in [2.24, 2.45) is 5.92 Å². The number of carbonyl (C=O) groups excluding carboxylic acids is 2. The number of benzene rings is 1. The summed E-state index contributed by atoms with van der Waals surface area (Å²) in [6.07, 6.45) is 1.58. The number of carbonyl (C=O) groups is 2. The summed E-state index contributed by atoms with van der Waals surface area (Å²) >= 11 is 0. The first-order chi connectivity index (χ1) is 12.4. The summed E-state index contributed by atoms with van der Waals surface area (Å²) in [7, 11) is 0. The summed E-state index contributed by atoms with van der Waals surface area (Å²) in [6, 6.07) is 10.2. The average Bonchev–Trinajstić information content (AvgIpc) is 2.87. The topological polar surface area (TPSA) is 70.5 Å². The molecule has 1 amide bonds. The number of aliphatic hydroxyl groups excluding tert-OH is 1. The van der Waals surface area contributed by atoms with Crippen LogP contribution in [-0.2, 0) is 16.1 Å². The van der Waals surface area contributed by atoms with Crippen molar-refractivity contribution in [1.29, 1.82) is 0 Å². The highest BCUT2D eigenvalue weighted by Crippen LogP contribution is 2.40. The number of halogens is 1. The van der Waals surface area contributed by atoms with Crippen LogP contribution in [-0.4, -0.2) is 26.7 Å². The second-order valence-electron chi connectivity index (χ2n) is 6.46. The Morgan fingerprint density at radius 3 is 2.54 bits per heavy atom. The van der Waals surface area contributed by atoms with E-state index in [1.807, 2.05) is 0 Å². The van der Waals surface area contributed by atoms with E-state index in [4.69, 9.17) is 0 Å². The lowest BCUT2D eigenvalue weighted by atomic mass is 9.91. The minimum absolute atomic E-state index is 0.0532. The fourth-order valence-corrected chi connectivity index (χ4v) is 3.07. The number of nitrogens with zero attached hydrogens (tertiary/aromatic N) is 2. The van der Waals surface area contributed by atoms with E-state index in [2.05, 4.69) is 4.98 Å². The zero-order valence-corrected chi connectivity index (χ0v) is 14.5. The number of pyridine rings is 1. The lowest BCUT2D eigenvalue weighted by molar-refractivity contribution is -0.130. The standard InChI is InChI=1S/C20H19FN2O3/c1-12(2)18(24)16-17(14-8-3-4-9-15(14)21)23(20(26)19(16)25)11-13-7-5-6-10-22-13/h3-10,12,17,25H,11H2,1-2H3. The van der Waals surface area contributed by atoms with Crippen LogP contribution in [0.3, 0.4) is 0 Å². The van der Waals surface area contributed by atoms with Gasteiger partial charge in [0, 0.05) is 17.7 Å². The third-order valence-electron chi connectivity index (χ3n) is 4.35. The molecule has 2 aromatic rings. The smallest absolute Gasteiger partial charge is 0.290 e. The molecule has 1 aromatic heterocycles. The second-order valence-corrected chi connectivity index (χ2v) is 6.46. The van der Waals surface area contributed by atoms with Crippen LogP contribution in [0.15, 0.2) is 60.0 Å². The van der Waals surface area contributed by atoms with Crippen LogP contribution < -0.4 is 0 Å². The van der Waals surface area contributed by atoms with Gasteiger partial charge in [0.1, 0.15) is 5.82 Å². The van der Waals surface area contributed by atoms with Crippen molar-refractivity contribution in [3.05, 3.63) is 77.1 Å². The molecule has 0 spiro atoms. The first-order valence-electron chi connectivity index (χ1n) is 8.34. The van der Waals surface area contributed by atoms with Gasteiger partial charge >= 0.3 is 0 Å². The number of Topliss-reactive ketones (excluding diaryl/α,β-unsaturated/α-hetero) is 1. The van der Waals surface area contributed by atoms with Gasteiger partial charge in [-0.15, -0.1) is 0 Å². The molecule has 134 valence electrons. The van der Waals surface area contributed by atoms with Crippen molar-refractivity contribution in [2.75, 3.05) is 0 Å². The Labute approximate surface area is 150 Å². The quantitative estimate of drug-likeness (QED) is 0.894. The number of hydrogen-bond acceptors (Lipinski definition) is 4. The lowest BCUT2D eigenvalue weighted by Gasteiger charge is -2.27. The van der Waals surface area contributed by atoms with E-state index < -0.39 is 29.4 Å². The summed E-state index contributed by atoms with van der Waals surface area (Å²) in [5.74, 6) is -2.68. The number of amides is 1. The molecule has 6 heteroatoms. The molecule has 26 heavy (non-hydrogen) atoms. The monoisotopic (exact) mass is 354 g/mol. The SMILES string of the molecule is CC(C)C(=O)C1=C(O)C(=O)N(Cc2ccccn2)C1c1ccccc1F. The number of hydrogen-bond donors (Lipinski definition) is 1. The fraction of sp³-hybridized carbons (Fsp3) is 0.250. The van der Waals surface area contributed by atoms with Gasteiger partial charge in [-0.1, -0.05) is 38.1 Å². The van der Waals surface area contributed by atoms with Gasteiger partial charge in [0.15, 0.2) is 11.5 Å². The Morgan fingerprint density at radius 1 is 1.23 bits per heavy atom. The van der Waals surface area contributed by atoms with Crippen molar-refractivity contribution >= 4 is 11.7 Å². The van der Waals surface area contributed by atoms with Gasteiger partial charge < -0.3 is 10.0 Å². The molecule has 0 saturated carbocycles. The van der Waals surface area contributed by atoms with E-state index in [9.17, 15) is 19.1 Å². The Bertz CT molecular complexity index is 878. The number of rotatable bonds is 5. The zero-order chi connectivity index (χ0) is 18.8. The highest BCUT2D eigenvalue weighted by Gasteiger charge is 2.44. The van der Waals surface area contributed by atoms with Crippen LogP contribution in [0.25, 0.3) is 0 Å². The van der Waals surface area contributed by atoms with Gasteiger partial charge in [-0.3, -0.25) is 14.6 Å². The molecule has 1 unspecified atom stereocenters. The maximum absolute atomic E-state index is 14.5. The maximum Gasteiger partial charge on any atom is 0.290 e. The first-order valence-corrected chi connectivity index (χ1v) is 8.34. The molecular weight excluding hydrogens is 335 g/mol. The molecule has 0 radical (unpaired) electrons. The van der Waals surface area contributed by atoms with Gasteiger partial charge in [0.2, 0.25) is 0 Å². The number of ketones is 1. The summed E-state index contributed by atoms with van der Waals surface area (Å²) in [5, 5.41) is 10.4. The molecule has 0 bridgehead atoms. The Hall–Kier alpha value is -3.02. The molecule has 3 rings (SSSR count). The molecule has 0 aliphatic carbocycles. The number of aliphatic hydroxyl groups is 1. The summed E-state index contributed by atoms with van der Waals surface area (Å²) in [5.41, 5.74) is 0.684. The molecule has 1 aliphatic heterocycles. The van der Waals surface area contributed by atoms with Crippen LogP contribution >= 0.6 is 0 Å². The Balaban J connectivity index is 2.11. The summed E-state index contributed by atoms with van der Waals surface area (Å²) in [4.78, 5) is 30.8. The van der Waals surface area contributed by atoms with E-state index in [0.717, 1.165) is 0 Å².